The first kappa shape index (κ1) is 11.6. The van der Waals surface area contributed by atoms with Crippen molar-refractivity contribution in [1.29, 1.82) is 0 Å². The summed E-state index contributed by atoms with van der Waals surface area (Å²) in [6, 6.07) is 7.23. The number of aromatic nitrogens is 4. The number of H-pyrrole nitrogens is 1. The van der Waals surface area contributed by atoms with Gasteiger partial charge in [0.25, 0.3) is 0 Å². The summed E-state index contributed by atoms with van der Waals surface area (Å²) in [6.07, 6.45) is 1.17. The van der Waals surface area contributed by atoms with Gasteiger partial charge in [0, 0.05) is 18.2 Å². The first-order valence-electron chi connectivity index (χ1n) is 5.99. The molecule has 0 aliphatic carbocycles. The zero-order chi connectivity index (χ0) is 13.2. The molecule has 1 fully saturated rings. The number of methoxy groups -OCH3 is 1. The Morgan fingerprint density at radius 3 is 3.11 bits per heavy atom. The molecule has 0 radical (unpaired) electrons. The van der Waals surface area contributed by atoms with E-state index in [1.54, 1.807) is 12.0 Å². The van der Waals surface area contributed by atoms with Gasteiger partial charge in [-0.3, -0.25) is 4.79 Å². The fraction of sp³-hybridized carbons (Fsp3) is 0.333. The summed E-state index contributed by atoms with van der Waals surface area (Å²) in [7, 11) is 1.60. The largest absolute Gasteiger partial charge is 0.497 e. The molecule has 0 saturated carbocycles. The van der Waals surface area contributed by atoms with E-state index in [4.69, 9.17) is 4.74 Å². The lowest BCUT2D eigenvalue weighted by Gasteiger charge is -2.22. The summed E-state index contributed by atoms with van der Waals surface area (Å²) in [5, 5.41) is 13.9. The van der Waals surface area contributed by atoms with Crippen molar-refractivity contribution in [3.63, 3.8) is 0 Å². The number of anilines is 1. The number of tetrazole rings is 1. The number of amides is 1. The van der Waals surface area contributed by atoms with Crippen LogP contribution >= 0.6 is 0 Å². The molecule has 1 aromatic carbocycles. The summed E-state index contributed by atoms with van der Waals surface area (Å²) in [4.78, 5) is 13.8. The Morgan fingerprint density at radius 1 is 1.47 bits per heavy atom. The van der Waals surface area contributed by atoms with Crippen molar-refractivity contribution in [2.45, 2.75) is 18.9 Å². The van der Waals surface area contributed by atoms with Gasteiger partial charge in [-0.2, -0.15) is 5.21 Å². The van der Waals surface area contributed by atoms with Gasteiger partial charge >= 0.3 is 0 Å². The zero-order valence-corrected chi connectivity index (χ0v) is 10.4. The van der Waals surface area contributed by atoms with Gasteiger partial charge in [-0.15, -0.1) is 10.2 Å². The molecule has 19 heavy (non-hydrogen) atoms. The normalized spacial score (nSPS) is 18.9. The molecule has 1 aliphatic rings. The number of hydrogen-bond donors (Lipinski definition) is 1. The minimum atomic E-state index is -0.168. The molecule has 0 bridgehead atoms. The van der Waals surface area contributed by atoms with Gasteiger partial charge in [0.2, 0.25) is 5.91 Å². The third-order valence-corrected chi connectivity index (χ3v) is 3.20. The van der Waals surface area contributed by atoms with E-state index in [0.717, 1.165) is 5.69 Å². The third-order valence-electron chi connectivity index (χ3n) is 3.20. The summed E-state index contributed by atoms with van der Waals surface area (Å²) in [5.41, 5.74) is 0.789. The first-order chi connectivity index (χ1) is 9.29. The molecule has 1 aromatic heterocycles. The minimum Gasteiger partial charge on any atom is -0.497 e. The highest BCUT2D eigenvalue weighted by Gasteiger charge is 2.35. The number of hydrogen-bond acceptors (Lipinski definition) is 5. The number of rotatable bonds is 3. The Hall–Kier alpha value is -2.44. The summed E-state index contributed by atoms with van der Waals surface area (Å²) >= 11 is 0. The lowest BCUT2D eigenvalue weighted by molar-refractivity contribution is -0.117. The van der Waals surface area contributed by atoms with Crippen LogP contribution < -0.4 is 9.64 Å². The van der Waals surface area contributed by atoms with Gasteiger partial charge in [-0.25, -0.2) is 0 Å². The van der Waals surface area contributed by atoms with Crippen LogP contribution in [0.3, 0.4) is 0 Å². The number of nitrogens with one attached hydrogen (secondary N) is 1. The van der Waals surface area contributed by atoms with Crippen molar-refractivity contribution in [2.24, 2.45) is 0 Å². The quantitative estimate of drug-likeness (QED) is 0.891. The fourth-order valence-corrected chi connectivity index (χ4v) is 2.32. The monoisotopic (exact) mass is 259 g/mol. The molecule has 1 N–H and O–H groups in total. The van der Waals surface area contributed by atoms with Crippen molar-refractivity contribution in [3.8, 4) is 5.75 Å². The van der Waals surface area contributed by atoms with Crippen LogP contribution in [0, 0.1) is 0 Å². The van der Waals surface area contributed by atoms with Crippen LogP contribution in [0.25, 0.3) is 0 Å². The second-order valence-electron chi connectivity index (χ2n) is 4.29. The number of nitrogens with zero attached hydrogens (tertiary/aromatic N) is 4. The number of carbonyl (C=O) groups is 1. The van der Waals surface area contributed by atoms with Crippen LogP contribution in [0.4, 0.5) is 5.69 Å². The number of carbonyl (C=O) groups excluding carboxylic acids is 1. The highest BCUT2D eigenvalue weighted by Crippen LogP contribution is 2.36. The zero-order valence-electron chi connectivity index (χ0n) is 10.4. The number of benzene rings is 1. The Kier molecular flexibility index (Phi) is 2.86. The van der Waals surface area contributed by atoms with Gasteiger partial charge in [0.15, 0.2) is 5.82 Å². The Balaban J connectivity index is 1.98. The molecule has 7 heteroatoms. The van der Waals surface area contributed by atoms with Crippen molar-refractivity contribution in [2.75, 3.05) is 12.0 Å². The lowest BCUT2D eigenvalue weighted by Crippen LogP contribution is -2.28. The predicted octanol–water partition coefficient (Wildman–Crippen LogP) is 1.08. The van der Waals surface area contributed by atoms with Crippen LogP contribution in [-0.4, -0.2) is 33.6 Å². The SMILES string of the molecule is COc1cccc(N2C(=O)CCC2c2nn[nH]n2)c1. The molecule has 2 heterocycles. The maximum atomic E-state index is 12.1. The maximum Gasteiger partial charge on any atom is 0.227 e. The summed E-state index contributed by atoms with van der Waals surface area (Å²) < 4.78 is 5.19. The van der Waals surface area contributed by atoms with Gasteiger partial charge < -0.3 is 9.64 Å². The molecule has 1 aliphatic heterocycles. The fourth-order valence-electron chi connectivity index (χ4n) is 2.32. The molecule has 1 unspecified atom stereocenters. The summed E-state index contributed by atoms with van der Waals surface area (Å²) in [6.45, 7) is 0. The molecule has 1 amide bonds. The Morgan fingerprint density at radius 2 is 2.37 bits per heavy atom. The van der Waals surface area contributed by atoms with E-state index in [-0.39, 0.29) is 11.9 Å². The Bertz CT molecular complexity index is 584. The average Bonchev–Trinajstić information content (AvgIpc) is 3.07. The molecule has 0 spiro atoms. The Labute approximate surface area is 109 Å². The van der Waals surface area contributed by atoms with Crippen molar-refractivity contribution in [3.05, 3.63) is 30.1 Å². The molecular formula is C12H13N5O2. The van der Waals surface area contributed by atoms with Crippen LogP contribution in [0.2, 0.25) is 0 Å². The van der Waals surface area contributed by atoms with E-state index in [1.807, 2.05) is 24.3 Å². The van der Waals surface area contributed by atoms with Crippen LogP contribution in [0.5, 0.6) is 5.75 Å². The molecule has 1 atom stereocenters. The van der Waals surface area contributed by atoms with E-state index < -0.39 is 0 Å². The van der Waals surface area contributed by atoms with Gasteiger partial charge in [0.05, 0.1) is 7.11 Å². The van der Waals surface area contributed by atoms with Gasteiger partial charge in [-0.1, -0.05) is 11.3 Å². The third kappa shape index (κ3) is 2.03. The smallest absolute Gasteiger partial charge is 0.227 e. The molecule has 3 rings (SSSR count). The highest BCUT2D eigenvalue weighted by molar-refractivity contribution is 5.96. The second kappa shape index (κ2) is 4.68. The van der Waals surface area contributed by atoms with Crippen molar-refractivity contribution < 1.29 is 9.53 Å². The molecule has 7 nitrogen and oxygen atoms in total. The number of ether oxygens (including phenoxy) is 1. The van der Waals surface area contributed by atoms with E-state index in [0.29, 0.717) is 24.4 Å². The molecular weight excluding hydrogens is 246 g/mol. The maximum absolute atomic E-state index is 12.1. The van der Waals surface area contributed by atoms with Crippen LogP contribution in [0.1, 0.15) is 24.7 Å². The van der Waals surface area contributed by atoms with Gasteiger partial charge in [0.1, 0.15) is 11.8 Å². The molecule has 2 aromatic rings. The van der Waals surface area contributed by atoms with Crippen molar-refractivity contribution >= 4 is 11.6 Å². The van der Waals surface area contributed by atoms with Crippen LogP contribution in [-0.2, 0) is 4.79 Å². The second-order valence-corrected chi connectivity index (χ2v) is 4.29. The average molecular weight is 259 g/mol. The lowest BCUT2D eigenvalue weighted by atomic mass is 10.2. The topological polar surface area (TPSA) is 84.0 Å². The highest BCUT2D eigenvalue weighted by atomic mass is 16.5. The van der Waals surface area contributed by atoms with Gasteiger partial charge in [-0.05, 0) is 18.6 Å². The summed E-state index contributed by atoms with van der Waals surface area (Å²) in [5.74, 6) is 1.31. The molecule has 1 saturated heterocycles. The van der Waals surface area contributed by atoms with E-state index in [9.17, 15) is 4.79 Å². The van der Waals surface area contributed by atoms with Crippen molar-refractivity contribution in [1.82, 2.24) is 20.6 Å². The van der Waals surface area contributed by atoms with Crippen LogP contribution in [0.15, 0.2) is 24.3 Å². The minimum absolute atomic E-state index is 0.0584. The first-order valence-corrected chi connectivity index (χ1v) is 5.99. The van der Waals surface area contributed by atoms with E-state index in [2.05, 4.69) is 20.6 Å². The number of aromatic amines is 1. The van der Waals surface area contributed by atoms with E-state index >= 15 is 0 Å². The predicted molar refractivity (Wildman–Crippen MR) is 66.6 cm³/mol. The molecule has 98 valence electrons. The van der Waals surface area contributed by atoms with E-state index in [1.165, 1.54) is 0 Å². The standard InChI is InChI=1S/C12H13N5O2/c1-19-9-4-2-3-8(7-9)17-10(5-6-11(17)18)12-13-15-16-14-12/h2-4,7,10H,5-6H2,1H3,(H,13,14,15,16).